The van der Waals surface area contributed by atoms with Crippen LogP contribution in [0.3, 0.4) is 0 Å². The van der Waals surface area contributed by atoms with Crippen molar-refractivity contribution in [3.8, 4) is 0 Å². The zero-order valence-corrected chi connectivity index (χ0v) is 11.0. The molecular formula is C13H17N3S. The van der Waals surface area contributed by atoms with E-state index < -0.39 is 0 Å². The zero-order valence-electron chi connectivity index (χ0n) is 10.2. The van der Waals surface area contributed by atoms with Gasteiger partial charge in [0.25, 0.3) is 0 Å². The van der Waals surface area contributed by atoms with Crippen LogP contribution in [0.5, 0.6) is 0 Å². The highest BCUT2D eigenvalue weighted by Gasteiger charge is 2.30. The first kappa shape index (κ1) is 10.8. The molecule has 1 aliphatic heterocycles. The molecule has 1 saturated heterocycles. The minimum Gasteiger partial charge on any atom is -0.395 e. The number of benzene rings is 1. The molecule has 3 rings (SSSR count). The quantitative estimate of drug-likeness (QED) is 0.787. The molecule has 2 aromatic rings. The first-order chi connectivity index (χ1) is 8.07. The molecule has 0 atom stereocenters. The fraction of sp³-hybridized carbons (Fsp3) is 0.462. The number of fused-ring (bicyclic) bond motifs is 1. The number of rotatable bonds is 1. The van der Waals surface area contributed by atoms with E-state index in [-0.39, 0.29) is 0 Å². The second-order valence-corrected chi connectivity index (χ2v) is 6.42. The molecule has 0 saturated carbocycles. The first-order valence-corrected chi connectivity index (χ1v) is 6.81. The van der Waals surface area contributed by atoms with Gasteiger partial charge in [0.2, 0.25) is 0 Å². The largest absolute Gasteiger partial charge is 0.395 e. The van der Waals surface area contributed by atoms with Crippen LogP contribution in [0.4, 0.5) is 11.4 Å². The van der Waals surface area contributed by atoms with Gasteiger partial charge in [-0.25, -0.2) is 4.98 Å². The average Bonchev–Trinajstić information content (AvgIpc) is 2.85. The van der Waals surface area contributed by atoms with Gasteiger partial charge in [-0.05, 0) is 24.0 Å². The fourth-order valence-corrected chi connectivity index (χ4v) is 3.23. The lowest BCUT2D eigenvalue weighted by Crippen LogP contribution is -2.23. The SMILES string of the molecule is CC1(C)CCN(c2ccc3scnc3c2N)C1. The van der Waals surface area contributed by atoms with E-state index in [0.717, 1.165) is 30.0 Å². The Labute approximate surface area is 105 Å². The maximum atomic E-state index is 6.23. The summed E-state index contributed by atoms with van der Waals surface area (Å²) >= 11 is 1.64. The second kappa shape index (κ2) is 3.60. The van der Waals surface area contributed by atoms with E-state index >= 15 is 0 Å². The van der Waals surface area contributed by atoms with Gasteiger partial charge in [0.05, 0.1) is 21.6 Å². The lowest BCUT2D eigenvalue weighted by atomic mass is 9.93. The van der Waals surface area contributed by atoms with Crippen molar-refractivity contribution in [1.82, 2.24) is 4.98 Å². The molecule has 90 valence electrons. The van der Waals surface area contributed by atoms with Crippen molar-refractivity contribution in [2.45, 2.75) is 20.3 Å². The maximum Gasteiger partial charge on any atom is 0.106 e. The van der Waals surface area contributed by atoms with Crippen molar-refractivity contribution in [2.24, 2.45) is 5.41 Å². The van der Waals surface area contributed by atoms with Crippen molar-refractivity contribution in [1.29, 1.82) is 0 Å². The van der Waals surface area contributed by atoms with Crippen molar-refractivity contribution in [2.75, 3.05) is 23.7 Å². The van der Waals surface area contributed by atoms with Crippen LogP contribution in [0.25, 0.3) is 10.2 Å². The normalized spacial score (nSPS) is 19.1. The third kappa shape index (κ3) is 1.76. The van der Waals surface area contributed by atoms with Crippen molar-refractivity contribution >= 4 is 32.9 Å². The van der Waals surface area contributed by atoms with E-state index in [4.69, 9.17) is 5.73 Å². The van der Waals surface area contributed by atoms with E-state index in [9.17, 15) is 0 Å². The Morgan fingerprint density at radius 1 is 1.41 bits per heavy atom. The van der Waals surface area contributed by atoms with E-state index in [1.165, 1.54) is 11.1 Å². The zero-order chi connectivity index (χ0) is 12.0. The van der Waals surface area contributed by atoms with E-state index in [1.54, 1.807) is 11.3 Å². The average molecular weight is 247 g/mol. The number of aromatic nitrogens is 1. The lowest BCUT2D eigenvalue weighted by Gasteiger charge is -2.23. The minimum absolute atomic E-state index is 0.392. The molecule has 0 spiro atoms. The van der Waals surface area contributed by atoms with Crippen LogP contribution in [0.2, 0.25) is 0 Å². The molecule has 17 heavy (non-hydrogen) atoms. The topological polar surface area (TPSA) is 42.2 Å². The number of hydrogen-bond donors (Lipinski definition) is 1. The standard InChI is InChI=1S/C13H17N3S/c1-13(2)5-6-16(7-13)9-3-4-10-12(11(9)14)15-8-17-10/h3-4,8H,5-7,14H2,1-2H3. The molecule has 0 radical (unpaired) electrons. The van der Waals surface area contributed by atoms with Crippen LogP contribution in [0.15, 0.2) is 17.6 Å². The minimum atomic E-state index is 0.392. The maximum absolute atomic E-state index is 6.23. The summed E-state index contributed by atoms with van der Waals surface area (Å²) in [6.07, 6.45) is 1.22. The number of thiazole rings is 1. The molecule has 0 unspecified atom stereocenters. The van der Waals surface area contributed by atoms with Gasteiger partial charge in [0.15, 0.2) is 0 Å². The molecule has 0 aliphatic carbocycles. The molecule has 1 fully saturated rings. The van der Waals surface area contributed by atoms with E-state index in [0.29, 0.717) is 5.41 Å². The summed E-state index contributed by atoms with van der Waals surface area (Å²) in [6, 6.07) is 4.27. The van der Waals surface area contributed by atoms with Crippen molar-refractivity contribution < 1.29 is 0 Å². The molecular weight excluding hydrogens is 230 g/mol. The molecule has 1 aromatic carbocycles. The molecule has 2 heterocycles. The predicted molar refractivity (Wildman–Crippen MR) is 74.6 cm³/mol. The first-order valence-electron chi connectivity index (χ1n) is 5.93. The molecule has 3 nitrogen and oxygen atoms in total. The summed E-state index contributed by atoms with van der Waals surface area (Å²) in [4.78, 5) is 6.74. The van der Waals surface area contributed by atoms with Gasteiger partial charge < -0.3 is 10.6 Å². The summed E-state index contributed by atoms with van der Waals surface area (Å²) in [5.41, 5.74) is 11.4. The third-order valence-electron chi connectivity index (χ3n) is 3.54. The van der Waals surface area contributed by atoms with Crippen molar-refractivity contribution in [3.63, 3.8) is 0 Å². The van der Waals surface area contributed by atoms with Gasteiger partial charge >= 0.3 is 0 Å². The van der Waals surface area contributed by atoms with Crippen molar-refractivity contribution in [3.05, 3.63) is 17.6 Å². The highest BCUT2D eigenvalue weighted by Crippen LogP contribution is 2.38. The van der Waals surface area contributed by atoms with Crippen LogP contribution >= 0.6 is 11.3 Å². The Morgan fingerprint density at radius 2 is 2.24 bits per heavy atom. The Balaban J connectivity index is 2.03. The highest BCUT2D eigenvalue weighted by atomic mass is 32.1. The predicted octanol–water partition coefficient (Wildman–Crippen LogP) is 3.11. The number of anilines is 2. The molecule has 0 amide bonds. The number of nitrogens with zero attached hydrogens (tertiary/aromatic N) is 2. The molecule has 1 aromatic heterocycles. The van der Waals surface area contributed by atoms with Crippen LogP contribution < -0.4 is 10.6 Å². The van der Waals surface area contributed by atoms with Crippen LogP contribution in [0.1, 0.15) is 20.3 Å². The molecule has 1 aliphatic rings. The Kier molecular flexibility index (Phi) is 2.30. The van der Waals surface area contributed by atoms with E-state index in [2.05, 4.69) is 35.9 Å². The third-order valence-corrected chi connectivity index (χ3v) is 4.33. The highest BCUT2D eigenvalue weighted by molar-refractivity contribution is 7.16. The number of nitrogen functional groups attached to an aromatic ring is 1. The van der Waals surface area contributed by atoms with Gasteiger partial charge in [0, 0.05) is 13.1 Å². The fourth-order valence-electron chi connectivity index (χ4n) is 2.54. The summed E-state index contributed by atoms with van der Waals surface area (Å²) in [7, 11) is 0. The monoisotopic (exact) mass is 247 g/mol. The smallest absolute Gasteiger partial charge is 0.106 e. The summed E-state index contributed by atoms with van der Waals surface area (Å²) in [5, 5.41) is 0. The van der Waals surface area contributed by atoms with Gasteiger partial charge in [0.1, 0.15) is 5.52 Å². The molecule has 2 N–H and O–H groups in total. The van der Waals surface area contributed by atoms with Gasteiger partial charge in [-0.1, -0.05) is 13.8 Å². The number of hydrogen-bond acceptors (Lipinski definition) is 4. The van der Waals surface area contributed by atoms with Gasteiger partial charge in [-0.2, -0.15) is 0 Å². The molecule has 4 heteroatoms. The summed E-state index contributed by atoms with van der Waals surface area (Å²) < 4.78 is 1.17. The lowest BCUT2D eigenvalue weighted by molar-refractivity contribution is 0.418. The van der Waals surface area contributed by atoms with Crippen LogP contribution in [-0.2, 0) is 0 Å². The Bertz CT molecular complexity index is 559. The van der Waals surface area contributed by atoms with Crippen LogP contribution in [0, 0.1) is 5.41 Å². The van der Waals surface area contributed by atoms with Gasteiger partial charge in [-0.3, -0.25) is 0 Å². The number of nitrogens with two attached hydrogens (primary N) is 1. The van der Waals surface area contributed by atoms with Crippen LogP contribution in [-0.4, -0.2) is 18.1 Å². The van der Waals surface area contributed by atoms with Gasteiger partial charge in [-0.15, -0.1) is 11.3 Å². The second-order valence-electron chi connectivity index (χ2n) is 5.53. The molecule has 0 bridgehead atoms. The Morgan fingerprint density at radius 3 is 2.94 bits per heavy atom. The summed E-state index contributed by atoms with van der Waals surface area (Å²) in [6.45, 7) is 6.79. The summed E-state index contributed by atoms with van der Waals surface area (Å²) in [5.74, 6) is 0. The van der Waals surface area contributed by atoms with E-state index in [1.807, 2.05) is 5.51 Å². The Hall–Kier alpha value is -1.29.